The summed E-state index contributed by atoms with van der Waals surface area (Å²) in [6.45, 7) is 3.59. The molecule has 3 aromatic carbocycles. The normalized spacial score (nSPS) is 11.9. The second-order valence-electron chi connectivity index (χ2n) is 8.24. The Balaban J connectivity index is 1.71. The lowest BCUT2D eigenvalue weighted by Crippen LogP contribution is -2.43. The number of carboxylic acids is 1. The van der Waals surface area contributed by atoms with E-state index in [1.54, 1.807) is 44.2 Å². The van der Waals surface area contributed by atoms with Gasteiger partial charge in [-0.1, -0.05) is 48.5 Å². The van der Waals surface area contributed by atoms with Gasteiger partial charge in [-0.15, -0.1) is 0 Å². The molecule has 0 saturated carbocycles. The number of carboxylic acid groups (broad SMARTS) is 1. The monoisotopic (exact) mass is 457 g/mol. The third-order valence-corrected chi connectivity index (χ3v) is 5.70. The van der Waals surface area contributed by atoms with Gasteiger partial charge in [-0.05, 0) is 66.4 Å². The van der Waals surface area contributed by atoms with Crippen molar-refractivity contribution < 1.29 is 24.6 Å². The summed E-state index contributed by atoms with van der Waals surface area (Å²) in [7, 11) is 1.47. The van der Waals surface area contributed by atoms with E-state index in [1.807, 2.05) is 30.3 Å². The van der Waals surface area contributed by atoms with Gasteiger partial charge in [0, 0.05) is 24.6 Å². The fraction of sp³-hybridized carbons (Fsp3) is 0.179. The summed E-state index contributed by atoms with van der Waals surface area (Å²) in [5, 5.41) is 19.5. The minimum absolute atomic E-state index is 0.190. The average Bonchev–Trinajstić information content (AvgIpc) is 2.84. The van der Waals surface area contributed by atoms with Gasteiger partial charge in [0.2, 0.25) is 0 Å². The van der Waals surface area contributed by atoms with Crippen LogP contribution in [0.1, 0.15) is 43.0 Å². The molecule has 0 bridgehead atoms. The Hall–Kier alpha value is -4.19. The van der Waals surface area contributed by atoms with Crippen molar-refractivity contribution in [1.82, 2.24) is 4.90 Å². The first-order valence-corrected chi connectivity index (χ1v) is 10.8. The zero-order valence-corrected chi connectivity index (χ0v) is 19.4. The third-order valence-electron chi connectivity index (χ3n) is 5.70. The molecule has 0 aliphatic rings. The summed E-state index contributed by atoms with van der Waals surface area (Å²) in [6, 6.07) is 17.8. The summed E-state index contributed by atoms with van der Waals surface area (Å²) in [5.74, 6) is -1.52. The van der Waals surface area contributed by atoms with Gasteiger partial charge in [0.25, 0.3) is 5.91 Å². The molecule has 1 atom stereocenters. The van der Waals surface area contributed by atoms with Crippen LogP contribution in [0.15, 0.2) is 72.8 Å². The van der Waals surface area contributed by atoms with E-state index >= 15 is 0 Å². The molecule has 0 spiro atoms. The molecule has 0 aliphatic carbocycles. The van der Waals surface area contributed by atoms with Gasteiger partial charge >= 0.3 is 5.97 Å². The second-order valence-corrected chi connectivity index (χ2v) is 8.24. The van der Waals surface area contributed by atoms with E-state index in [2.05, 4.69) is 0 Å². The van der Waals surface area contributed by atoms with Crippen molar-refractivity contribution in [2.24, 2.45) is 0 Å². The molecule has 0 heterocycles. The van der Waals surface area contributed by atoms with Crippen LogP contribution in [0.3, 0.4) is 0 Å². The van der Waals surface area contributed by atoms with Crippen LogP contribution in [-0.2, 0) is 11.2 Å². The first-order chi connectivity index (χ1) is 16.2. The SMILES string of the molecule is Cc1cc(C=CC(=O)c2ccc(C(=O)N(C)[C@@H](Cc3ccccc3)C(=O)O)cc2)cc(C)c1O. The molecular weight excluding hydrogens is 430 g/mol. The van der Waals surface area contributed by atoms with Crippen molar-refractivity contribution in [2.75, 3.05) is 7.05 Å². The smallest absolute Gasteiger partial charge is 0.326 e. The zero-order valence-electron chi connectivity index (χ0n) is 19.4. The van der Waals surface area contributed by atoms with Gasteiger partial charge in [0.1, 0.15) is 11.8 Å². The van der Waals surface area contributed by atoms with Crippen molar-refractivity contribution in [3.8, 4) is 5.75 Å². The Morgan fingerprint density at radius 2 is 1.47 bits per heavy atom. The molecule has 0 aliphatic heterocycles. The number of amides is 1. The van der Waals surface area contributed by atoms with Gasteiger partial charge < -0.3 is 15.1 Å². The minimum atomic E-state index is -1.09. The van der Waals surface area contributed by atoms with Gasteiger partial charge in [-0.3, -0.25) is 9.59 Å². The molecule has 0 radical (unpaired) electrons. The first kappa shape index (κ1) is 24.5. The van der Waals surface area contributed by atoms with E-state index in [1.165, 1.54) is 30.2 Å². The third kappa shape index (κ3) is 5.78. The lowest BCUT2D eigenvalue weighted by molar-refractivity contribution is -0.141. The predicted octanol–water partition coefficient (Wildman–Crippen LogP) is 4.67. The van der Waals surface area contributed by atoms with E-state index in [9.17, 15) is 24.6 Å². The summed E-state index contributed by atoms with van der Waals surface area (Å²) in [4.78, 5) is 38.5. The maximum atomic E-state index is 12.9. The fourth-order valence-electron chi connectivity index (χ4n) is 3.70. The number of carbonyl (C=O) groups excluding carboxylic acids is 2. The first-order valence-electron chi connectivity index (χ1n) is 10.8. The predicted molar refractivity (Wildman–Crippen MR) is 131 cm³/mol. The number of carbonyl (C=O) groups is 3. The zero-order chi connectivity index (χ0) is 24.8. The largest absolute Gasteiger partial charge is 0.507 e. The molecule has 0 saturated heterocycles. The molecule has 0 fully saturated rings. The number of aliphatic carboxylic acids is 1. The molecule has 3 aromatic rings. The number of hydrogen-bond acceptors (Lipinski definition) is 4. The number of likely N-dealkylation sites (N-methyl/N-ethyl adjacent to an activating group) is 1. The van der Waals surface area contributed by atoms with Crippen LogP contribution < -0.4 is 0 Å². The van der Waals surface area contributed by atoms with E-state index in [-0.39, 0.29) is 18.0 Å². The van der Waals surface area contributed by atoms with Crippen LogP contribution in [0.5, 0.6) is 5.75 Å². The van der Waals surface area contributed by atoms with E-state index < -0.39 is 17.9 Å². The van der Waals surface area contributed by atoms with Gasteiger partial charge in [-0.25, -0.2) is 4.79 Å². The van der Waals surface area contributed by atoms with Crippen LogP contribution >= 0.6 is 0 Å². The van der Waals surface area contributed by atoms with Crippen LogP contribution in [0, 0.1) is 13.8 Å². The lowest BCUT2D eigenvalue weighted by atomic mass is 10.0. The number of aromatic hydroxyl groups is 1. The highest BCUT2D eigenvalue weighted by Crippen LogP contribution is 2.23. The highest BCUT2D eigenvalue weighted by Gasteiger charge is 2.27. The van der Waals surface area contributed by atoms with E-state index in [0.717, 1.165) is 22.3 Å². The molecular formula is C28H27NO5. The van der Waals surface area contributed by atoms with Crippen LogP contribution in [0.2, 0.25) is 0 Å². The highest BCUT2D eigenvalue weighted by atomic mass is 16.4. The molecule has 34 heavy (non-hydrogen) atoms. The number of phenols is 1. The number of rotatable bonds is 8. The maximum Gasteiger partial charge on any atom is 0.326 e. The van der Waals surface area contributed by atoms with Gasteiger partial charge in [-0.2, -0.15) is 0 Å². The van der Waals surface area contributed by atoms with Crippen LogP contribution in [0.25, 0.3) is 6.08 Å². The molecule has 0 aromatic heterocycles. The molecule has 6 nitrogen and oxygen atoms in total. The standard InChI is InChI=1S/C28H27NO5/c1-18-15-21(16-19(2)26(18)31)9-14-25(30)22-10-12-23(13-11-22)27(32)29(3)24(28(33)34)17-20-7-5-4-6-8-20/h4-16,24,31H,17H2,1-3H3,(H,33,34)/t24-/m0/s1. The van der Waals surface area contributed by atoms with Crippen LogP contribution in [-0.4, -0.2) is 45.9 Å². The summed E-state index contributed by atoms with van der Waals surface area (Å²) < 4.78 is 0. The Morgan fingerprint density at radius 3 is 2.03 bits per heavy atom. The molecule has 1 amide bonds. The number of ketones is 1. The Kier molecular flexibility index (Phi) is 7.64. The van der Waals surface area contributed by atoms with Crippen molar-refractivity contribution in [3.05, 3.63) is 106 Å². The van der Waals surface area contributed by atoms with Crippen molar-refractivity contribution in [3.63, 3.8) is 0 Å². The summed E-state index contributed by atoms with van der Waals surface area (Å²) >= 11 is 0. The molecule has 3 rings (SSSR count). The van der Waals surface area contributed by atoms with Gasteiger partial charge in [0.05, 0.1) is 0 Å². The summed E-state index contributed by atoms with van der Waals surface area (Å²) in [6.07, 6.45) is 3.31. The topological polar surface area (TPSA) is 94.9 Å². The number of allylic oxidation sites excluding steroid dienone is 1. The summed E-state index contributed by atoms with van der Waals surface area (Å²) in [5.41, 5.74) is 3.78. The molecule has 2 N–H and O–H groups in total. The van der Waals surface area contributed by atoms with E-state index in [4.69, 9.17) is 0 Å². The van der Waals surface area contributed by atoms with Crippen molar-refractivity contribution in [2.45, 2.75) is 26.3 Å². The average molecular weight is 458 g/mol. The van der Waals surface area contributed by atoms with E-state index in [0.29, 0.717) is 11.1 Å². The Bertz CT molecular complexity index is 1210. The Labute approximate surface area is 198 Å². The highest BCUT2D eigenvalue weighted by molar-refractivity contribution is 6.07. The fourth-order valence-corrected chi connectivity index (χ4v) is 3.70. The molecule has 174 valence electrons. The molecule has 6 heteroatoms. The number of nitrogens with zero attached hydrogens (tertiary/aromatic N) is 1. The Morgan fingerprint density at radius 1 is 0.912 bits per heavy atom. The number of hydrogen-bond donors (Lipinski definition) is 2. The van der Waals surface area contributed by atoms with Crippen LogP contribution in [0.4, 0.5) is 0 Å². The van der Waals surface area contributed by atoms with Crippen molar-refractivity contribution >= 4 is 23.7 Å². The number of aryl methyl sites for hydroxylation is 2. The second kappa shape index (κ2) is 10.6. The number of phenolic OH excluding ortho intramolecular Hbond substituents is 1. The molecule has 0 unspecified atom stereocenters. The quantitative estimate of drug-likeness (QED) is 0.379. The van der Waals surface area contributed by atoms with Gasteiger partial charge in [0.15, 0.2) is 5.78 Å². The minimum Gasteiger partial charge on any atom is -0.507 e. The lowest BCUT2D eigenvalue weighted by Gasteiger charge is -2.25. The van der Waals surface area contributed by atoms with Crippen molar-refractivity contribution in [1.29, 1.82) is 0 Å². The number of benzene rings is 3. The maximum absolute atomic E-state index is 12.9.